The third kappa shape index (κ3) is 3.08. The molecule has 7 heteroatoms. The van der Waals surface area contributed by atoms with Crippen molar-refractivity contribution in [2.75, 3.05) is 11.9 Å². The normalized spacial score (nSPS) is 11.2. The largest absolute Gasteiger partial charge is 0.422 e. The van der Waals surface area contributed by atoms with Crippen LogP contribution in [0.1, 0.15) is 5.56 Å². The van der Waals surface area contributed by atoms with Gasteiger partial charge >= 0.3 is 5.63 Å². The van der Waals surface area contributed by atoms with Crippen LogP contribution in [-0.4, -0.2) is 22.7 Å². The molecule has 0 aliphatic heterocycles. The molecule has 27 heavy (non-hydrogen) atoms. The van der Waals surface area contributed by atoms with Crippen molar-refractivity contribution < 1.29 is 9.21 Å². The smallest absolute Gasteiger partial charge is 0.347 e. The van der Waals surface area contributed by atoms with E-state index >= 15 is 0 Å². The van der Waals surface area contributed by atoms with Crippen LogP contribution < -0.4 is 10.5 Å². The van der Waals surface area contributed by atoms with E-state index in [1.54, 1.807) is 42.1 Å². The molecule has 0 saturated carbocycles. The van der Waals surface area contributed by atoms with E-state index in [1.165, 1.54) is 11.1 Å². The lowest BCUT2D eigenvalue weighted by Crippen LogP contribution is -2.30. The maximum Gasteiger partial charge on any atom is 0.347 e. The second-order valence-electron chi connectivity index (χ2n) is 6.38. The minimum atomic E-state index is -0.467. The molecular formula is C20H16ClN3O3. The number of anilines is 1. The average Bonchev–Trinajstić information content (AvgIpc) is 3.07. The van der Waals surface area contributed by atoms with Crippen molar-refractivity contribution in [1.29, 1.82) is 0 Å². The van der Waals surface area contributed by atoms with Crippen molar-refractivity contribution in [3.8, 4) is 0 Å². The molecule has 2 aromatic heterocycles. The first-order valence-corrected chi connectivity index (χ1v) is 8.73. The number of hydrogen-bond donors (Lipinski definition) is 0. The summed E-state index contributed by atoms with van der Waals surface area (Å²) in [5.41, 5.74) is 2.35. The maximum absolute atomic E-state index is 12.8. The topological polar surface area (TPSA) is 68.3 Å². The van der Waals surface area contributed by atoms with Gasteiger partial charge in [-0.3, -0.25) is 9.48 Å². The fourth-order valence-electron chi connectivity index (χ4n) is 3.05. The zero-order valence-corrected chi connectivity index (χ0v) is 15.5. The minimum absolute atomic E-state index is 0.00484. The van der Waals surface area contributed by atoms with Crippen molar-refractivity contribution >= 4 is 45.1 Å². The summed E-state index contributed by atoms with van der Waals surface area (Å²) in [6.45, 7) is 1.95. The molecule has 1 amide bonds. The third-order valence-electron chi connectivity index (χ3n) is 4.53. The van der Waals surface area contributed by atoms with Gasteiger partial charge in [-0.2, -0.15) is 5.10 Å². The number of rotatable bonds is 3. The maximum atomic E-state index is 12.8. The fraction of sp³-hybridized carbons (Fsp3) is 0.150. The van der Waals surface area contributed by atoms with Crippen LogP contribution >= 0.6 is 11.6 Å². The van der Waals surface area contributed by atoms with Crippen molar-refractivity contribution in [3.63, 3.8) is 0 Å². The first-order chi connectivity index (χ1) is 12.9. The number of aromatic nitrogens is 2. The highest BCUT2D eigenvalue weighted by atomic mass is 35.5. The Bertz CT molecular complexity index is 1230. The molecule has 0 atom stereocenters. The molecule has 0 aliphatic rings. The molecule has 2 heterocycles. The predicted molar refractivity (Wildman–Crippen MR) is 105 cm³/mol. The minimum Gasteiger partial charge on any atom is -0.422 e. The van der Waals surface area contributed by atoms with Gasteiger partial charge in [-0.15, -0.1) is 0 Å². The number of aryl methyl sites for hydroxylation is 1. The second kappa shape index (κ2) is 6.55. The van der Waals surface area contributed by atoms with Crippen LogP contribution in [0.25, 0.3) is 21.9 Å². The lowest BCUT2D eigenvalue weighted by Gasteiger charge is -2.17. The molecule has 0 bridgehead atoms. The molecule has 0 spiro atoms. The lowest BCUT2D eigenvalue weighted by atomic mass is 10.1. The highest BCUT2D eigenvalue weighted by Crippen LogP contribution is 2.24. The SMILES string of the molecule is Cc1ccc2oc(=O)c3cnn(CC(=O)N(C)c4ccc(Cl)cc4)c3c2c1. The Morgan fingerprint density at radius 2 is 1.93 bits per heavy atom. The van der Waals surface area contributed by atoms with E-state index in [1.807, 2.05) is 19.1 Å². The van der Waals surface area contributed by atoms with Crippen LogP contribution in [0.4, 0.5) is 5.69 Å². The zero-order valence-electron chi connectivity index (χ0n) is 14.8. The summed E-state index contributed by atoms with van der Waals surface area (Å²) in [6, 6.07) is 12.6. The molecule has 2 aromatic carbocycles. The van der Waals surface area contributed by atoms with Gasteiger partial charge in [0.1, 0.15) is 17.5 Å². The molecule has 0 N–H and O–H groups in total. The molecule has 4 rings (SSSR count). The molecule has 136 valence electrons. The van der Waals surface area contributed by atoms with Gasteiger partial charge in [0, 0.05) is 23.1 Å². The Kier molecular flexibility index (Phi) is 4.20. The van der Waals surface area contributed by atoms with Gasteiger partial charge < -0.3 is 9.32 Å². The summed E-state index contributed by atoms with van der Waals surface area (Å²) >= 11 is 5.90. The highest BCUT2D eigenvalue weighted by molar-refractivity contribution is 6.30. The fourth-order valence-corrected chi connectivity index (χ4v) is 3.18. The van der Waals surface area contributed by atoms with Gasteiger partial charge in [-0.25, -0.2) is 4.79 Å². The van der Waals surface area contributed by atoms with Crippen molar-refractivity contribution in [1.82, 2.24) is 9.78 Å². The van der Waals surface area contributed by atoms with E-state index in [-0.39, 0.29) is 12.5 Å². The number of carbonyl (C=O) groups is 1. The van der Waals surface area contributed by atoms with Crippen LogP contribution in [-0.2, 0) is 11.3 Å². The standard InChI is InChI=1S/C20H16ClN3O3/c1-12-3-8-17-15(9-12)19-16(20(26)27-17)10-22-24(19)11-18(25)23(2)14-6-4-13(21)5-7-14/h3-10H,11H2,1-2H3. The molecule has 6 nitrogen and oxygen atoms in total. The number of fused-ring (bicyclic) bond motifs is 3. The third-order valence-corrected chi connectivity index (χ3v) is 4.78. The van der Waals surface area contributed by atoms with E-state index in [0.29, 0.717) is 21.5 Å². The van der Waals surface area contributed by atoms with E-state index < -0.39 is 5.63 Å². The Morgan fingerprint density at radius 1 is 1.19 bits per heavy atom. The summed E-state index contributed by atoms with van der Waals surface area (Å²) in [5.74, 6) is -0.170. The van der Waals surface area contributed by atoms with Gasteiger partial charge in [-0.05, 0) is 43.3 Å². The number of benzene rings is 2. The van der Waals surface area contributed by atoms with Crippen LogP contribution in [0.5, 0.6) is 0 Å². The molecule has 0 unspecified atom stereocenters. The summed E-state index contributed by atoms with van der Waals surface area (Å²) < 4.78 is 6.90. The first kappa shape index (κ1) is 17.3. The zero-order chi connectivity index (χ0) is 19.1. The number of carbonyl (C=O) groups excluding carboxylic acids is 1. The Morgan fingerprint density at radius 3 is 2.67 bits per heavy atom. The second-order valence-corrected chi connectivity index (χ2v) is 6.82. The van der Waals surface area contributed by atoms with Crippen LogP contribution in [0.15, 0.2) is 57.9 Å². The number of nitrogens with zero attached hydrogens (tertiary/aromatic N) is 3. The van der Waals surface area contributed by atoms with E-state index in [9.17, 15) is 9.59 Å². The van der Waals surface area contributed by atoms with Crippen molar-refractivity contribution in [2.45, 2.75) is 13.5 Å². The molecule has 0 fully saturated rings. The van der Waals surface area contributed by atoms with Gasteiger partial charge in [0.15, 0.2) is 0 Å². The van der Waals surface area contributed by atoms with E-state index in [0.717, 1.165) is 16.6 Å². The van der Waals surface area contributed by atoms with Crippen molar-refractivity contribution in [2.24, 2.45) is 0 Å². The van der Waals surface area contributed by atoms with Crippen molar-refractivity contribution in [3.05, 3.63) is 69.7 Å². The summed E-state index contributed by atoms with van der Waals surface area (Å²) in [5, 5.41) is 5.97. The Labute approximate surface area is 159 Å². The molecule has 4 aromatic rings. The Balaban J connectivity index is 1.77. The quantitative estimate of drug-likeness (QED) is 0.506. The molecular weight excluding hydrogens is 366 g/mol. The average molecular weight is 382 g/mol. The van der Waals surface area contributed by atoms with Gasteiger partial charge in [-0.1, -0.05) is 23.2 Å². The molecule has 0 aliphatic carbocycles. The molecule has 0 saturated heterocycles. The van der Waals surface area contributed by atoms with E-state index in [4.69, 9.17) is 16.0 Å². The number of likely N-dealkylation sites (N-methyl/N-ethyl adjacent to an activating group) is 1. The monoisotopic (exact) mass is 381 g/mol. The number of amides is 1. The first-order valence-electron chi connectivity index (χ1n) is 8.35. The molecule has 0 radical (unpaired) electrons. The van der Waals surface area contributed by atoms with Gasteiger partial charge in [0.05, 0.1) is 11.7 Å². The summed E-state index contributed by atoms with van der Waals surface area (Å²) in [6.07, 6.45) is 1.44. The van der Waals surface area contributed by atoms with E-state index in [2.05, 4.69) is 5.10 Å². The number of halogens is 1. The van der Waals surface area contributed by atoms with Crippen LogP contribution in [0.3, 0.4) is 0 Å². The highest BCUT2D eigenvalue weighted by Gasteiger charge is 2.17. The van der Waals surface area contributed by atoms with Gasteiger partial charge in [0.25, 0.3) is 0 Å². The Hall–Kier alpha value is -3.12. The summed E-state index contributed by atoms with van der Waals surface area (Å²) in [7, 11) is 1.69. The summed E-state index contributed by atoms with van der Waals surface area (Å²) in [4.78, 5) is 26.5. The van der Waals surface area contributed by atoms with Crippen LogP contribution in [0.2, 0.25) is 5.02 Å². The van der Waals surface area contributed by atoms with Gasteiger partial charge in [0.2, 0.25) is 5.91 Å². The lowest BCUT2D eigenvalue weighted by molar-refractivity contribution is -0.119. The number of hydrogen-bond acceptors (Lipinski definition) is 4. The predicted octanol–water partition coefficient (Wildman–Crippen LogP) is 3.77. The van der Waals surface area contributed by atoms with Crippen LogP contribution in [0, 0.1) is 6.92 Å².